The Morgan fingerprint density at radius 3 is 2.36 bits per heavy atom. The second-order valence-corrected chi connectivity index (χ2v) is 7.44. The summed E-state index contributed by atoms with van der Waals surface area (Å²) in [6.07, 6.45) is 0.254. The van der Waals surface area contributed by atoms with Crippen LogP contribution in [0.2, 0.25) is 0 Å². The number of hydrogen-bond acceptors (Lipinski definition) is 5. The number of methoxy groups -OCH3 is 1. The third-order valence-corrected chi connectivity index (χ3v) is 5.86. The van der Waals surface area contributed by atoms with Crippen molar-refractivity contribution in [1.82, 2.24) is 4.57 Å². The first-order valence-electron chi connectivity index (χ1n) is 8.83. The van der Waals surface area contributed by atoms with Gasteiger partial charge in [0.25, 0.3) is 0 Å². The minimum Gasteiger partial charge on any atom is -0.468 e. The summed E-state index contributed by atoms with van der Waals surface area (Å²) in [5, 5.41) is 0. The number of esters is 1. The molecule has 6 nitrogen and oxygen atoms in total. The highest BCUT2D eigenvalue weighted by Crippen LogP contribution is 2.44. The Labute approximate surface area is 165 Å². The third kappa shape index (κ3) is 3.14. The Morgan fingerprint density at radius 2 is 1.71 bits per heavy atom. The average molecular weight is 394 g/mol. The molecule has 3 aromatic rings. The van der Waals surface area contributed by atoms with Gasteiger partial charge in [0.05, 0.1) is 17.7 Å². The highest BCUT2D eigenvalue weighted by atomic mass is 32.1. The zero-order chi connectivity index (χ0) is 19.7. The van der Waals surface area contributed by atoms with Gasteiger partial charge in [-0.05, 0) is 17.7 Å². The van der Waals surface area contributed by atoms with E-state index in [9.17, 15) is 14.4 Å². The summed E-state index contributed by atoms with van der Waals surface area (Å²) in [5.41, 5.74) is 1.63. The molecule has 0 bridgehead atoms. The summed E-state index contributed by atoms with van der Waals surface area (Å²) in [6, 6.07) is 18.8. The Balaban J connectivity index is 1.92. The van der Waals surface area contributed by atoms with Crippen LogP contribution in [0.3, 0.4) is 0 Å². The molecule has 1 unspecified atom stereocenters. The summed E-state index contributed by atoms with van der Waals surface area (Å²) < 4.78 is 6.09. The first-order chi connectivity index (χ1) is 13.6. The molecule has 0 fully saturated rings. The number of para-hydroxylation sites is 1. The summed E-state index contributed by atoms with van der Waals surface area (Å²) >= 11 is 1.08. The number of rotatable bonds is 4. The highest BCUT2D eigenvalue weighted by molar-refractivity contribution is 7.10. The van der Waals surface area contributed by atoms with Crippen LogP contribution in [0.1, 0.15) is 22.8 Å². The molecule has 0 aliphatic carbocycles. The maximum absolute atomic E-state index is 13.2. The first-order valence-corrected chi connectivity index (χ1v) is 9.65. The predicted molar refractivity (Wildman–Crippen MR) is 107 cm³/mol. The molecule has 4 rings (SSSR count). The topological polar surface area (TPSA) is 68.6 Å². The van der Waals surface area contributed by atoms with Crippen molar-refractivity contribution in [3.8, 4) is 0 Å². The predicted octanol–water partition coefficient (Wildman–Crippen LogP) is 3.28. The normalized spacial score (nSPS) is 16.0. The number of nitrogens with zero attached hydrogens (tertiary/aromatic N) is 2. The van der Waals surface area contributed by atoms with Crippen molar-refractivity contribution >= 4 is 34.7 Å². The number of carbonyl (C=O) groups is 2. The van der Waals surface area contributed by atoms with Crippen LogP contribution in [-0.4, -0.2) is 23.6 Å². The molecule has 28 heavy (non-hydrogen) atoms. The van der Waals surface area contributed by atoms with E-state index in [2.05, 4.69) is 0 Å². The van der Waals surface area contributed by atoms with E-state index in [4.69, 9.17) is 4.74 Å². The lowest BCUT2D eigenvalue weighted by atomic mass is 9.90. The molecule has 0 radical (unpaired) electrons. The van der Waals surface area contributed by atoms with Gasteiger partial charge in [-0.3, -0.25) is 23.9 Å². The second-order valence-electron chi connectivity index (χ2n) is 6.45. The summed E-state index contributed by atoms with van der Waals surface area (Å²) in [5.74, 6) is -0.425. The quantitative estimate of drug-likeness (QED) is 0.637. The van der Waals surface area contributed by atoms with Crippen LogP contribution in [0.15, 0.2) is 65.5 Å². The van der Waals surface area contributed by atoms with Gasteiger partial charge in [-0.25, -0.2) is 0 Å². The van der Waals surface area contributed by atoms with Gasteiger partial charge in [-0.1, -0.05) is 59.9 Å². The van der Waals surface area contributed by atoms with Crippen LogP contribution in [0.25, 0.3) is 0 Å². The number of amides is 1. The molecule has 1 aliphatic rings. The number of fused-ring (bicyclic) bond motifs is 1. The number of hydrogen-bond donors (Lipinski definition) is 0. The Morgan fingerprint density at radius 1 is 1.07 bits per heavy atom. The zero-order valence-corrected chi connectivity index (χ0v) is 16.0. The largest absolute Gasteiger partial charge is 0.468 e. The van der Waals surface area contributed by atoms with Gasteiger partial charge >= 0.3 is 10.8 Å². The molecule has 1 atom stereocenters. The molecule has 1 aromatic heterocycles. The molecule has 1 amide bonds. The molecule has 0 N–H and O–H groups in total. The van der Waals surface area contributed by atoms with Crippen molar-refractivity contribution in [1.29, 1.82) is 0 Å². The Hall–Kier alpha value is -3.19. The Bertz CT molecular complexity index is 1070. The lowest BCUT2D eigenvalue weighted by molar-refractivity contribution is -0.141. The van der Waals surface area contributed by atoms with E-state index >= 15 is 0 Å². The molecule has 142 valence electrons. The van der Waals surface area contributed by atoms with E-state index in [1.54, 1.807) is 0 Å². The van der Waals surface area contributed by atoms with Crippen molar-refractivity contribution in [3.05, 3.63) is 80.8 Å². The molecule has 1 aliphatic heterocycles. The van der Waals surface area contributed by atoms with Crippen LogP contribution in [-0.2, 0) is 20.9 Å². The third-order valence-electron chi connectivity index (χ3n) is 4.78. The molecular weight excluding hydrogens is 376 g/mol. The summed E-state index contributed by atoms with van der Waals surface area (Å²) in [6.45, 7) is -0.237. The number of carbonyl (C=O) groups excluding carboxylic acids is 2. The van der Waals surface area contributed by atoms with E-state index in [0.717, 1.165) is 21.8 Å². The molecule has 2 heterocycles. The smallest absolute Gasteiger partial charge is 0.325 e. The molecular formula is C21H18N2O4S. The first kappa shape index (κ1) is 18.2. The van der Waals surface area contributed by atoms with E-state index < -0.39 is 5.97 Å². The average Bonchev–Trinajstić information content (AvgIpc) is 3.04. The van der Waals surface area contributed by atoms with E-state index in [0.29, 0.717) is 11.5 Å². The lowest BCUT2D eigenvalue weighted by Gasteiger charge is -2.32. The van der Waals surface area contributed by atoms with Crippen molar-refractivity contribution in [2.75, 3.05) is 12.0 Å². The van der Waals surface area contributed by atoms with Crippen LogP contribution >= 0.6 is 11.3 Å². The zero-order valence-electron chi connectivity index (χ0n) is 15.2. The standard InChI is InChI=1S/C21H18N2O4S/c1-27-18(25)13-22-20-19(28-21(22)26)16(14-8-4-2-5-9-14)12-17(24)23(20)15-10-6-3-7-11-15/h2-11,16H,12-13H2,1H3. The van der Waals surface area contributed by atoms with Crippen LogP contribution < -0.4 is 9.77 Å². The van der Waals surface area contributed by atoms with Crippen molar-refractivity contribution < 1.29 is 14.3 Å². The van der Waals surface area contributed by atoms with Gasteiger partial charge in [0, 0.05) is 12.3 Å². The highest BCUT2D eigenvalue weighted by Gasteiger charge is 2.38. The second kappa shape index (κ2) is 7.44. The van der Waals surface area contributed by atoms with Gasteiger partial charge in [0.1, 0.15) is 12.4 Å². The van der Waals surface area contributed by atoms with Crippen LogP contribution in [0.4, 0.5) is 11.5 Å². The number of benzene rings is 2. The minimum atomic E-state index is -0.537. The van der Waals surface area contributed by atoms with Gasteiger partial charge < -0.3 is 4.74 Å². The van der Waals surface area contributed by atoms with E-state index in [1.807, 2.05) is 60.7 Å². The lowest BCUT2D eigenvalue weighted by Crippen LogP contribution is -2.36. The van der Waals surface area contributed by atoms with Crippen LogP contribution in [0.5, 0.6) is 0 Å². The van der Waals surface area contributed by atoms with Gasteiger partial charge in [-0.15, -0.1) is 0 Å². The minimum absolute atomic E-state index is 0.121. The van der Waals surface area contributed by atoms with Gasteiger partial charge in [0.15, 0.2) is 0 Å². The van der Waals surface area contributed by atoms with E-state index in [-0.39, 0.29) is 29.7 Å². The number of ether oxygens (including phenoxy) is 1. The molecule has 2 aromatic carbocycles. The SMILES string of the molecule is COC(=O)Cn1c2c(sc1=O)C(c1ccccc1)CC(=O)N2c1ccccc1. The Kier molecular flexibility index (Phi) is 4.83. The maximum Gasteiger partial charge on any atom is 0.325 e. The summed E-state index contributed by atoms with van der Waals surface area (Å²) in [7, 11) is 1.28. The number of thiazole rings is 1. The van der Waals surface area contributed by atoms with Crippen molar-refractivity contribution in [2.45, 2.75) is 18.9 Å². The van der Waals surface area contributed by atoms with E-state index in [1.165, 1.54) is 16.6 Å². The fourth-order valence-corrected chi connectivity index (χ4v) is 4.58. The molecule has 0 saturated carbocycles. The van der Waals surface area contributed by atoms with Gasteiger partial charge in [0.2, 0.25) is 5.91 Å². The van der Waals surface area contributed by atoms with Crippen molar-refractivity contribution in [2.24, 2.45) is 0 Å². The molecule has 0 saturated heterocycles. The van der Waals surface area contributed by atoms with Crippen molar-refractivity contribution in [3.63, 3.8) is 0 Å². The molecule has 0 spiro atoms. The maximum atomic E-state index is 13.2. The van der Waals surface area contributed by atoms with Crippen LogP contribution in [0, 0.1) is 0 Å². The van der Waals surface area contributed by atoms with Gasteiger partial charge in [-0.2, -0.15) is 0 Å². The number of anilines is 2. The summed E-state index contributed by atoms with van der Waals surface area (Å²) in [4.78, 5) is 39.9. The fourth-order valence-electron chi connectivity index (χ4n) is 3.48. The molecule has 7 heteroatoms. The number of aromatic nitrogens is 1. The monoisotopic (exact) mass is 394 g/mol. The fraction of sp³-hybridized carbons (Fsp3) is 0.190.